The molecule has 0 radical (unpaired) electrons. The number of likely N-dealkylation sites (tertiary alicyclic amines) is 1. The average Bonchev–Trinajstić information content (AvgIpc) is 3.14. The van der Waals surface area contributed by atoms with Crippen LogP contribution in [0.5, 0.6) is 0 Å². The van der Waals surface area contributed by atoms with E-state index in [4.69, 9.17) is 16.3 Å². The Bertz CT molecular complexity index is 1060. The number of aliphatic hydroxyl groups excluding tert-OH is 1. The number of nitrogens with zero attached hydrogens (tertiary/aromatic N) is 3. The first-order chi connectivity index (χ1) is 15.8. The lowest BCUT2D eigenvalue weighted by Crippen LogP contribution is -2.57. The zero-order valence-corrected chi connectivity index (χ0v) is 19.2. The molecule has 6 atom stereocenters. The summed E-state index contributed by atoms with van der Waals surface area (Å²) in [4.78, 5) is 45.7. The smallest absolute Gasteiger partial charge is 0.253 e. The number of hydrogen-bond acceptors (Lipinski definition) is 5. The summed E-state index contributed by atoms with van der Waals surface area (Å²) in [6.45, 7) is 2.09. The van der Waals surface area contributed by atoms with E-state index in [1.807, 2.05) is 18.2 Å². The number of ether oxygens (including phenoxy) is 1. The Kier molecular flexibility index (Phi) is 5.34. The lowest BCUT2D eigenvalue weighted by Gasteiger charge is -2.37. The van der Waals surface area contributed by atoms with Crippen molar-refractivity contribution in [3.8, 4) is 0 Å². The fourth-order valence-electron chi connectivity index (χ4n) is 5.62. The summed E-state index contributed by atoms with van der Waals surface area (Å²) in [6.07, 6.45) is 6.68. The molecule has 5 rings (SSSR count). The third-order valence-electron chi connectivity index (χ3n) is 7.18. The highest BCUT2D eigenvalue weighted by Gasteiger charge is 2.72. The van der Waals surface area contributed by atoms with Crippen molar-refractivity contribution in [3.05, 3.63) is 53.6 Å². The molecule has 0 aromatic heterocycles. The monoisotopic (exact) mass is 471 g/mol. The summed E-state index contributed by atoms with van der Waals surface area (Å²) in [6, 6.07) is 5.28. The average molecular weight is 472 g/mol. The van der Waals surface area contributed by atoms with Crippen LogP contribution in [0.4, 0.5) is 5.69 Å². The van der Waals surface area contributed by atoms with Crippen LogP contribution in [0, 0.1) is 11.8 Å². The van der Waals surface area contributed by atoms with Crippen LogP contribution < -0.4 is 4.90 Å². The van der Waals surface area contributed by atoms with Crippen LogP contribution in [0.2, 0.25) is 5.02 Å². The number of rotatable bonds is 3. The van der Waals surface area contributed by atoms with Crippen LogP contribution >= 0.6 is 11.6 Å². The predicted octanol–water partition coefficient (Wildman–Crippen LogP) is 1.23. The fraction of sp³-hybridized carbons (Fsp3) is 0.458. The van der Waals surface area contributed by atoms with Crippen LogP contribution in [-0.2, 0) is 19.1 Å². The molecule has 3 amide bonds. The second-order valence-corrected chi connectivity index (χ2v) is 9.53. The molecule has 2 fully saturated rings. The van der Waals surface area contributed by atoms with Gasteiger partial charge in [-0.15, -0.1) is 0 Å². The van der Waals surface area contributed by atoms with Crippen molar-refractivity contribution in [1.82, 2.24) is 9.80 Å². The lowest BCUT2D eigenvalue weighted by molar-refractivity contribution is -0.146. The maximum absolute atomic E-state index is 14.0. The predicted molar refractivity (Wildman–Crippen MR) is 121 cm³/mol. The molecule has 4 aliphatic heterocycles. The minimum Gasteiger partial charge on any atom is -0.394 e. The van der Waals surface area contributed by atoms with Gasteiger partial charge in [0, 0.05) is 30.8 Å². The third kappa shape index (κ3) is 3.15. The summed E-state index contributed by atoms with van der Waals surface area (Å²) >= 11 is 6.03. The third-order valence-corrected chi connectivity index (χ3v) is 7.43. The maximum Gasteiger partial charge on any atom is 0.253 e. The number of carbonyl (C=O) groups excluding carboxylic acids is 3. The fourth-order valence-corrected chi connectivity index (χ4v) is 5.74. The number of halogens is 1. The number of anilines is 1. The maximum atomic E-state index is 14.0. The summed E-state index contributed by atoms with van der Waals surface area (Å²) in [7, 11) is 1.70. The molecule has 1 unspecified atom stereocenters. The van der Waals surface area contributed by atoms with Crippen molar-refractivity contribution in [1.29, 1.82) is 0 Å². The molecule has 174 valence electrons. The molecule has 4 heterocycles. The van der Waals surface area contributed by atoms with Crippen molar-refractivity contribution in [2.75, 3.05) is 31.6 Å². The summed E-state index contributed by atoms with van der Waals surface area (Å²) < 4.78 is 6.49. The number of amides is 3. The molecule has 8 nitrogen and oxygen atoms in total. The highest BCUT2D eigenvalue weighted by Crippen LogP contribution is 2.54. The van der Waals surface area contributed by atoms with E-state index in [0.29, 0.717) is 17.3 Å². The summed E-state index contributed by atoms with van der Waals surface area (Å²) in [5.74, 6) is -2.44. The highest BCUT2D eigenvalue weighted by molar-refractivity contribution is 6.30. The van der Waals surface area contributed by atoms with E-state index in [0.717, 1.165) is 0 Å². The van der Waals surface area contributed by atoms with Crippen molar-refractivity contribution < 1.29 is 24.2 Å². The number of fused-ring (bicyclic) bond motifs is 2. The van der Waals surface area contributed by atoms with E-state index >= 15 is 0 Å². The van der Waals surface area contributed by atoms with Gasteiger partial charge in [-0.1, -0.05) is 35.9 Å². The van der Waals surface area contributed by atoms with Crippen molar-refractivity contribution in [2.24, 2.45) is 11.8 Å². The van der Waals surface area contributed by atoms with Crippen molar-refractivity contribution in [2.45, 2.75) is 30.7 Å². The van der Waals surface area contributed by atoms with Gasteiger partial charge >= 0.3 is 0 Å². The summed E-state index contributed by atoms with van der Waals surface area (Å²) in [5, 5.41) is 10.5. The molecule has 1 N–H and O–H groups in total. The van der Waals surface area contributed by atoms with E-state index in [9.17, 15) is 19.5 Å². The van der Waals surface area contributed by atoms with Gasteiger partial charge in [0.05, 0.1) is 30.6 Å². The first-order valence-corrected chi connectivity index (χ1v) is 11.4. The second kappa shape index (κ2) is 7.97. The molecule has 4 aliphatic rings. The van der Waals surface area contributed by atoms with Gasteiger partial charge in [0.25, 0.3) is 5.91 Å². The Hall–Kier alpha value is -2.68. The molecular formula is C24H26ClN3O5. The second-order valence-electron chi connectivity index (χ2n) is 9.09. The van der Waals surface area contributed by atoms with Gasteiger partial charge in [0.1, 0.15) is 11.6 Å². The van der Waals surface area contributed by atoms with E-state index in [1.165, 1.54) is 4.90 Å². The van der Waals surface area contributed by atoms with Crippen LogP contribution in [0.15, 0.2) is 48.6 Å². The van der Waals surface area contributed by atoms with Crippen molar-refractivity contribution in [3.63, 3.8) is 0 Å². The topological polar surface area (TPSA) is 90.4 Å². The van der Waals surface area contributed by atoms with Gasteiger partial charge < -0.3 is 24.5 Å². The van der Waals surface area contributed by atoms with Gasteiger partial charge in [0.15, 0.2) is 0 Å². The van der Waals surface area contributed by atoms with Gasteiger partial charge in [-0.2, -0.15) is 0 Å². The Balaban J connectivity index is 1.64. The molecular weight excluding hydrogens is 446 g/mol. The molecule has 1 spiro atoms. The van der Waals surface area contributed by atoms with E-state index < -0.39 is 35.6 Å². The van der Waals surface area contributed by atoms with E-state index in [2.05, 4.69) is 0 Å². The molecule has 0 saturated carbocycles. The normalized spacial score (nSPS) is 34.2. The van der Waals surface area contributed by atoms with E-state index in [-0.39, 0.29) is 30.9 Å². The first-order valence-electron chi connectivity index (χ1n) is 11.1. The number of likely N-dealkylation sites (N-methyl/N-ethyl adjacent to an activating group) is 1. The zero-order valence-electron chi connectivity index (χ0n) is 18.4. The van der Waals surface area contributed by atoms with Crippen LogP contribution in [-0.4, -0.2) is 83.2 Å². The highest BCUT2D eigenvalue weighted by atomic mass is 35.5. The molecule has 0 aliphatic carbocycles. The van der Waals surface area contributed by atoms with Gasteiger partial charge in [-0.05, 0) is 31.2 Å². The molecule has 1 aromatic rings. The number of aliphatic hydroxyl groups is 1. The number of hydrogen-bond donors (Lipinski definition) is 1. The van der Waals surface area contributed by atoms with Crippen molar-refractivity contribution >= 4 is 35.0 Å². The Labute approximate surface area is 197 Å². The SMILES string of the molecule is C[C@H](CO)N1C(=O)[C@@H]2[C@@H]3C(=O)N(C)CC=C[C@@H]3O[C@@]23C=CCN(c2ccc(Cl)cc2)C(=O)C13. The van der Waals surface area contributed by atoms with Crippen LogP contribution in [0.25, 0.3) is 0 Å². The molecule has 1 aromatic carbocycles. The Morgan fingerprint density at radius 1 is 1.12 bits per heavy atom. The molecule has 9 heteroatoms. The quantitative estimate of drug-likeness (QED) is 0.670. The van der Waals surface area contributed by atoms with E-state index in [1.54, 1.807) is 54.1 Å². The minimum absolute atomic E-state index is 0.183. The first kappa shape index (κ1) is 22.1. The van der Waals surface area contributed by atoms with Crippen LogP contribution in [0.1, 0.15) is 6.92 Å². The van der Waals surface area contributed by atoms with Gasteiger partial charge in [-0.25, -0.2) is 0 Å². The minimum atomic E-state index is -1.30. The molecule has 0 bridgehead atoms. The van der Waals surface area contributed by atoms with Gasteiger partial charge in [0.2, 0.25) is 11.8 Å². The summed E-state index contributed by atoms with van der Waals surface area (Å²) in [5.41, 5.74) is -0.659. The number of carbonyl (C=O) groups is 3. The lowest BCUT2D eigenvalue weighted by atomic mass is 9.77. The largest absolute Gasteiger partial charge is 0.394 e. The zero-order chi connectivity index (χ0) is 23.5. The number of benzene rings is 1. The Morgan fingerprint density at radius 2 is 1.85 bits per heavy atom. The van der Waals surface area contributed by atoms with Gasteiger partial charge in [-0.3, -0.25) is 14.4 Å². The molecule has 33 heavy (non-hydrogen) atoms. The standard InChI is InChI=1S/C24H26ClN3O5/c1-14(13-29)28-20-23(32)27(16-8-6-15(25)7-9-16)12-4-10-24(20)19(22(28)31)18-17(33-24)5-3-11-26(2)21(18)30/h3-10,14,17-20,29H,11-13H2,1-2H3/t14-,17+,18-,19+,20?,24+/m1/s1. The Morgan fingerprint density at radius 3 is 2.55 bits per heavy atom. The van der Waals surface area contributed by atoms with Crippen LogP contribution in [0.3, 0.4) is 0 Å². The molecule has 2 saturated heterocycles.